The summed E-state index contributed by atoms with van der Waals surface area (Å²) >= 11 is 12.9. The molecule has 242 valence electrons. The lowest BCUT2D eigenvalue weighted by atomic mass is 9.94. The molecule has 5 aromatic rings. The minimum atomic E-state index is -1.17. The summed E-state index contributed by atoms with van der Waals surface area (Å²) in [5.41, 5.74) is 3.60. The molecule has 8 heteroatoms. The summed E-state index contributed by atoms with van der Waals surface area (Å²) in [6.07, 6.45) is 4.62. The first-order valence-electron chi connectivity index (χ1n) is 16.0. The van der Waals surface area contributed by atoms with Crippen molar-refractivity contribution < 1.29 is 14.3 Å². The molecule has 1 aromatic heterocycles. The Hall–Kier alpha value is -4.10. The van der Waals surface area contributed by atoms with E-state index in [0.29, 0.717) is 40.1 Å². The zero-order valence-electron chi connectivity index (χ0n) is 26.7. The van der Waals surface area contributed by atoms with Crippen LogP contribution in [0.5, 0.6) is 11.5 Å². The van der Waals surface area contributed by atoms with Gasteiger partial charge >= 0.3 is 0 Å². The SMILES string of the molecule is CC(C)(Oc1ccc(Cl)cc1)C(=O)NC(Cc1cc(Cl)c2cccnc2c1OCc1ccccc1)c1cccc(CN2CCCC2)c1. The van der Waals surface area contributed by atoms with Crippen LogP contribution in [0.3, 0.4) is 0 Å². The van der Waals surface area contributed by atoms with Gasteiger partial charge in [-0.2, -0.15) is 0 Å². The molecule has 1 unspecified atom stereocenters. The van der Waals surface area contributed by atoms with Crippen molar-refractivity contribution in [1.29, 1.82) is 0 Å². The third-order valence-corrected chi connectivity index (χ3v) is 9.08. The highest BCUT2D eigenvalue weighted by atomic mass is 35.5. The molecule has 0 aliphatic carbocycles. The van der Waals surface area contributed by atoms with Crippen molar-refractivity contribution >= 4 is 40.0 Å². The summed E-state index contributed by atoms with van der Waals surface area (Å²) in [4.78, 5) is 21.2. The molecule has 6 rings (SSSR count). The Morgan fingerprint density at radius 1 is 0.915 bits per heavy atom. The first-order valence-corrected chi connectivity index (χ1v) is 16.8. The molecule has 1 N–H and O–H groups in total. The molecule has 0 spiro atoms. The molecule has 0 saturated carbocycles. The largest absolute Gasteiger partial charge is 0.486 e. The van der Waals surface area contributed by atoms with Crippen LogP contribution in [0.2, 0.25) is 10.0 Å². The lowest BCUT2D eigenvalue weighted by Gasteiger charge is -2.29. The van der Waals surface area contributed by atoms with E-state index in [1.165, 1.54) is 18.4 Å². The normalized spacial score (nSPS) is 14.2. The molecule has 1 atom stereocenters. The van der Waals surface area contributed by atoms with E-state index >= 15 is 0 Å². The van der Waals surface area contributed by atoms with Crippen LogP contribution in [-0.2, 0) is 24.4 Å². The number of carbonyl (C=O) groups is 1. The maximum absolute atomic E-state index is 14.0. The predicted octanol–water partition coefficient (Wildman–Crippen LogP) is 8.97. The number of carbonyl (C=O) groups excluding carboxylic acids is 1. The molecule has 4 aromatic carbocycles. The maximum atomic E-state index is 14.0. The van der Waals surface area contributed by atoms with Crippen LogP contribution in [0.15, 0.2) is 103 Å². The summed E-state index contributed by atoms with van der Waals surface area (Å²) in [6.45, 7) is 6.98. The van der Waals surface area contributed by atoms with E-state index in [9.17, 15) is 4.79 Å². The second-order valence-corrected chi connectivity index (χ2v) is 13.4. The van der Waals surface area contributed by atoms with Crippen LogP contribution in [0.25, 0.3) is 10.9 Å². The molecular formula is C39H39Cl2N3O3. The number of likely N-dealkylation sites (tertiary alicyclic amines) is 1. The number of fused-ring (bicyclic) bond motifs is 1. The average molecular weight is 669 g/mol. The van der Waals surface area contributed by atoms with Crippen LogP contribution in [0.1, 0.15) is 55.0 Å². The molecule has 1 aliphatic heterocycles. The molecule has 1 aliphatic rings. The third kappa shape index (κ3) is 8.25. The predicted molar refractivity (Wildman–Crippen MR) is 189 cm³/mol. The van der Waals surface area contributed by atoms with E-state index in [4.69, 9.17) is 32.7 Å². The van der Waals surface area contributed by atoms with E-state index in [-0.39, 0.29) is 5.91 Å². The lowest BCUT2D eigenvalue weighted by Crippen LogP contribution is -2.48. The summed E-state index contributed by atoms with van der Waals surface area (Å²) in [7, 11) is 0. The number of halogens is 2. The average Bonchev–Trinajstić information content (AvgIpc) is 3.59. The van der Waals surface area contributed by atoms with Gasteiger partial charge in [-0.25, -0.2) is 0 Å². The second kappa shape index (κ2) is 14.8. The standard InChI is InChI=1S/C39H39Cl2N3O3/c1-39(2,47-32-17-15-31(40)16-18-32)38(45)43-35(29-13-8-12-28(22-29)25-44-20-6-7-21-44)24-30-23-34(41)33-14-9-19-42-36(33)37(30)46-26-27-10-4-3-5-11-27/h3-5,8-19,22-23,35H,6-7,20-21,24-26H2,1-2H3,(H,43,45). The van der Waals surface area contributed by atoms with Crippen LogP contribution >= 0.6 is 23.2 Å². The quantitative estimate of drug-likeness (QED) is 0.144. The minimum absolute atomic E-state index is 0.251. The number of pyridine rings is 1. The van der Waals surface area contributed by atoms with E-state index in [1.54, 1.807) is 44.3 Å². The number of aromatic nitrogens is 1. The fraction of sp³-hybridized carbons (Fsp3) is 0.282. The van der Waals surface area contributed by atoms with E-state index in [2.05, 4.69) is 39.5 Å². The fourth-order valence-corrected chi connectivity index (χ4v) is 6.43. The topological polar surface area (TPSA) is 63.7 Å². The van der Waals surface area contributed by atoms with E-state index in [1.807, 2.05) is 48.5 Å². The number of nitrogens with zero attached hydrogens (tertiary/aromatic N) is 2. The monoisotopic (exact) mass is 667 g/mol. The van der Waals surface area contributed by atoms with Gasteiger partial charge in [0.25, 0.3) is 5.91 Å². The lowest BCUT2D eigenvalue weighted by molar-refractivity contribution is -0.135. The van der Waals surface area contributed by atoms with Gasteiger partial charge in [-0.3, -0.25) is 14.7 Å². The number of benzene rings is 4. The summed E-state index contributed by atoms with van der Waals surface area (Å²) < 4.78 is 12.7. The van der Waals surface area contributed by atoms with Crippen molar-refractivity contribution in [3.05, 3.63) is 136 Å². The highest BCUT2D eigenvalue weighted by Gasteiger charge is 2.33. The number of hydrogen-bond donors (Lipinski definition) is 1. The van der Waals surface area contributed by atoms with Crippen molar-refractivity contribution in [3.8, 4) is 11.5 Å². The molecular weight excluding hydrogens is 629 g/mol. The molecule has 1 amide bonds. The van der Waals surface area contributed by atoms with Gasteiger partial charge in [0.15, 0.2) is 5.60 Å². The summed E-state index contributed by atoms with van der Waals surface area (Å²) in [5.74, 6) is 0.958. The Labute approximate surface area is 286 Å². The van der Waals surface area contributed by atoms with E-state index < -0.39 is 11.6 Å². The Morgan fingerprint density at radius 3 is 2.43 bits per heavy atom. The van der Waals surface area contributed by atoms with Gasteiger partial charge in [0.05, 0.1) is 11.1 Å². The molecule has 1 fully saturated rings. The van der Waals surface area contributed by atoms with E-state index in [0.717, 1.165) is 41.7 Å². The first-order chi connectivity index (χ1) is 22.7. The Kier molecular flexibility index (Phi) is 10.3. The highest BCUT2D eigenvalue weighted by Crippen LogP contribution is 2.37. The van der Waals surface area contributed by atoms with Gasteiger partial charge in [0.1, 0.15) is 23.6 Å². The van der Waals surface area contributed by atoms with Crippen LogP contribution in [-0.4, -0.2) is 34.5 Å². The van der Waals surface area contributed by atoms with Crippen molar-refractivity contribution in [1.82, 2.24) is 15.2 Å². The van der Waals surface area contributed by atoms with Gasteiger partial charge < -0.3 is 14.8 Å². The fourth-order valence-electron chi connectivity index (χ4n) is 6.02. The zero-order valence-corrected chi connectivity index (χ0v) is 28.2. The summed E-state index contributed by atoms with van der Waals surface area (Å²) in [5, 5.41) is 5.31. The van der Waals surface area contributed by atoms with Crippen molar-refractivity contribution in [2.75, 3.05) is 13.1 Å². The minimum Gasteiger partial charge on any atom is -0.486 e. The number of rotatable bonds is 12. The molecule has 1 saturated heterocycles. The molecule has 0 bridgehead atoms. The number of nitrogens with one attached hydrogen (secondary N) is 1. The second-order valence-electron chi connectivity index (χ2n) is 12.5. The number of ether oxygens (including phenoxy) is 2. The molecule has 6 nitrogen and oxygen atoms in total. The number of hydrogen-bond acceptors (Lipinski definition) is 5. The van der Waals surface area contributed by atoms with Crippen molar-refractivity contribution in [3.63, 3.8) is 0 Å². The summed E-state index contributed by atoms with van der Waals surface area (Å²) in [6, 6.07) is 30.9. The maximum Gasteiger partial charge on any atom is 0.264 e. The molecule has 0 radical (unpaired) electrons. The van der Waals surface area contributed by atoms with Crippen LogP contribution < -0.4 is 14.8 Å². The third-order valence-electron chi connectivity index (χ3n) is 8.52. The van der Waals surface area contributed by atoms with Crippen LogP contribution in [0.4, 0.5) is 0 Å². The highest BCUT2D eigenvalue weighted by molar-refractivity contribution is 6.35. The number of amides is 1. The Balaban J connectivity index is 1.35. The van der Waals surface area contributed by atoms with Crippen molar-refractivity contribution in [2.45, 2.75) is 57.9 Å². The molecule has 47 heavy (non-hydrogen) atoms. The van der Waals surface area contributed by atoms with Gasteiger partial charge in [0.2, 0.25) is 0 Å². The van der Waals surface area contributed by atoms with Crippen molar-refractivity contribution in [2.24, 2.45) is 0 Å². The van der Waals surface area contributed by atoms with Crippen LogP contribution in [0, 0.1) is 0 Å². The van der Waals surface area contributed by atoms with Gasteiger partial charge in [0, 0.05) is 35.1 Å². The van der Waals surface area contributed by atoms with Gasteiger partial charge in [-0.15, -0.1) is 0 Å². The first kappa shape index (κ1) is 32.8. The Morgan fingerprint density at radius 2 is 1.66 bits per heavy atom. The smallest absolute Gasteiger partial charge is 0.264 e. The molecule has 2 heterocycles. The van der Waals surface area contributed by atoms with Gasteiger partial charge in [-0.1, -0.05) is 77.8 Å². The Bertz CT molecular complexity index is 1820. The van der Waals surface area contributed by atoms with Gasteiger partial charge in [-0.05, 0) is 98.9 Å². The zero-order chi connectivity index (χ0) is 32.8.